The Hall–Kier alpha value is -3.16. The summed E-state index contributed by atoms with van der Waals surface area (Å²) in [6, 6.07) is 5.08. The van der Waals surface area contributed by atoms with E-state index >= 15 is 0 Å². The molecule has 0 saturated carbocycles. The fourth-order valence-electron chi connectivity index (χ4n) is 2.68. The van der Waals surface area contributed by atoms with Gasteiger partial charge in [0.2, 0.25) is 5.75 Å². The van der Waals surface area contributed by atoms with Gasteiger partial charge in [0.05, 0.1) is 28.4 Å². The number of benzene rings is 1. The first-order chi connectivity index (χ1) is 13.4. The van der Waals surface area contributed by atoms with E-state index in [9.17, 15) is 9.59 Å². The molecule has 0 atom stereocenters. The van der Waals surface area contributed by atoms with E-state index in [2.05, 4.69) is 4.74 Å². The molecule has 0 aliphatic carbocycles. The summed E-state index contributed by atoms with van der Waals surface area (Å²) < 4.78 is 31.2. The van der Waals surface area contributed by atoms with Crippen molar-refractivity contribution in [2.45, 2.75) is 26.4 Å². The topological polar surface area (TPSA) is 93.4 Å². The van der Waals surface area contributed by atoms with Crippen LogP contribution < -0.4 is 14.2 Å². The van der Waals surface area contributed by atoms with Crippen molar-refractivity contribution in [2.75, 3.05) is 28.4 Å². The van der Waals surface area contributed by atoms with Crippen molar-refractivity contribution in [3.63, 3.8) is 0 Å². The maximum atomic E-state index is 12.1. The molecule has 0 unspecified atom stereocenters. The molecule has 8 nitrogen and oxygen atoms in total. The van der Waals surface area contributed by atoms with Gasteiger partial charge in [0.15, 0.2) is 11.5 Å². The standard InChI is InChI=1S/C20H24O8/c1-12-15(20(22)26-5)10-14(28-12)11-27-18(21)7-6-13-8-16(23-2)19(25-4)17(9-13)24-3/h8-10H,6-7,11H2,1-5H3. The van der Waals surface area contributed by atoms with E-state index in [0.717, 1.165) is 5.56 Å². The van der Waals surface area contributed by atoms with Crippen molar-refractivity contribution in [1.29, 1.82) is 0 Å². The highest BCUT2D eigenvalue weighted by molar-refractivity contribution is 5.90. The molecule has 152 valence electrons. The summed E-state index contributed by atoms with van der Waals surface area (Å²) in [6.07, 6.45) is 0.586. The van der Waals surface area contributed by atoms with Gasteiger partial charge in [-0.3, -0.25) is 4.79 Å². The number of carbonyl (C=O) groups excluding carboxylic acids is 2. The number of furan rings is 1. The monoisotopic (exact) mass is 392 g/mol. The second-order valence-electron chi connectivity index (χ2n) is 5.87. The van der Waals surface area contributed by atoms with Crippen molar-refractivity contribution < 1.29 is 37.7 Å². The highest BCUT2D eigenvalue weighted by Crippen LogP contribution is 2.38. The van der Waals surface area contributed by atoms with Crippen LogP contribution in [-0.2, 0) is 27.3 Å². The second kappa shape index (κ2) is 9.68. The number of methoxy groups -OCH3 is 4. The van der Waals surface area contributed by atoms with Crippen LogP contribution in [0.4, 0.5) is 0 Å². The van der Waals surface area contributed by atoms with Crippen LogP contribution in [0, 0.1) is 6.92 Å². The van der Waals surface area contributed by atoms with Gasteiger partial charge in [-0.2, -0.15) is 0 Å². The number of hydrogen-bond acceptors (Lipinski definition) is 8. The van der Waals surface area contributed by atoms with Gasteiger partial charge in [0, 0.05) is 6.42 Å². The lowest BCUT2D eigenvalue weighted by atomic mass is 10.1. The molecule has 0 aliphatic heterocycles. The van der Waals surface area contributed by atoms with Gasteiger partial charge < -0.3 is 28.1 Å². The van der Waals surface area contributed by atoms with Gasteiger partial charge in [0.1, 0.15) is 23.7 Å². The first-order valence-corrected chi connectivity index (χ1v) is 8.55. The number of carbonyl (C=O) groups is 2. The Bertz CT molecular complexity index is 812. The zero-order chi connectivity index (χ0) is 20.7. The lowest BCUT2D eigenvalue weighted by Gasteiger charge is -2.14. The maximum Gasteiger partial charge on any atom is 0.341 e. The first kappa shape index (κ1) is 21.1. The minimum Gasteiger partial charge on any atom is -0.493 e. The zero-order valence-electron chi connectivity index (χ0n) is 16.6. The molecule has 0 bridgehead atoms. The molecule has 0 radical (unpaired) electrons. The SMILES string of the molecule is COC(=O)c1cc(COC(=O)CCc2cc(OC)c(OC)c(OC)c2)oc1C. The van der Waals surface area contributed by atoms with Crippen LogP contribution in [0.2, 0.25) is 0 Å². The van der Waals surface area contributed by atoms with E-state index in [0.29, 0.717) is 40.8 Å². The Balaban J connectivity index is 1.95. The van der Waals surface area contributed by atoms with Crippen molar-refractivity contribution in [2.24, 2.45) is 0 Å². The molecule has 0 N–H and O–H groups in total. The fraction of sp³-hybridized carbons (Fsp3) is 0.400. The summed E-state index contributed by atoms with van der Waals surface area (Å²) >= 11 is 0. The van der Waals surface area contributed by atoms with Crippen LogP contribution in [0.1, 0.15) is 33.9 Å². The number of hydrogen-bond donors (Lipinski definition) is 0. The summed E-state index contributed by atoms with van der Waals surface area (Å²) in [4.78, 5) is 23.6. The molecule has 28 heavy (non-hydrogen) atoms. The molecule has 1 aromatic carbocycles. The Morgan fingerprint density at radius 1 is 0.964 bits per heavy atom. The number of rotatable bonds is 9. The zero-order valence-corrected chi connectivity index (χ0v) is 16.6. The third-order valence-corrected chi connectivity index (χ3v) is 4.09. The Morgan fingerprint density at radius 3 is 2.14 bits per heavy atom. The van der Waals surface area contributed by atoms with Gasteiger partial charge in [0.25, 0.3) is 0 Å². The van der Waals surface area contributed by atoms with E-state index in [1.807, 2.05) is 0 Å². The van der Waals surface area contributed by atoms with Crippen molar-refractivity contribution in [1.82, 2.24) is 0 Å². The van der Waals surface area contributed by atoms with E-state index < -0.39 is 11.9 Å². The van der Waals surface area contributed by atoms with Crippen LogP contribution in [0.15, 0.2) is 22.6 Å². The van der Waals surface area contributed by atoms with Crippen LogP contribution in [0.3, 0.4) is 0 Å². The van der Waals surface area contributed by atoms with E-state index in [1.54, 1.807) is 19.1 Å². The van der Waals surface area contributed by atoms with Crippen LogP contribution >= 0.6 is 0 Å². The van der Waals surface area contributed by atoms with Gasteiger partial charge in [-0.15, -0.1) is 0 Å². The summed E-state index contributed by atoms with van der Waals surface area (Å²) in [5.74, 6) is 1.42. The third kappa shape index (κ3) is 4.97. The number of ether oxygens (including phenoxy) is 5. The Labute approximate surface area is 163 Å². The molecular formula is C20H24O8. The summed E-state index contributed by atoms with van der Waals surface area (Å²) in [5, 5.41) is 0. The smallest absolute Gasteiger partial charge is 0.341 e. The quantitative estimate of drug-likeness (QED) is 0.601. The Kier molecular flexibility index (Phi) is 7.31. The highest BCUT2D eigenvalue weighted by atomic mass is 16.5. The predicted octanol–water partition coefficient (Wildman–Crippen LogP) is 3.08. The highest BCUT2D eigenvalue weighted by Gasteiger charge is 2.17. The van der Waals surface area contributed by atoms with Crippen molar-refractivity contribution in [3.05, 3.63) is 40.8 Å². The number of aryl methyl sites for hydroxylation is 2. The second-order valence-corrected chi connectivity index (χ2v) is 5.87. The largest absolute Gasteiger partial charge is 0.493 e. The molecule has 0 spiro atoms. The molecule has 0 saturated heterocycles. The van der Waals surface area contributed by atoms with E-state index in [4.69, 9.17) is 23.4 Å². The fourth-order valence-corrected chi connectivity index (χ4v) is 2.68. The minimum absolute atomic E-state index is 0.0636. The van der Waals surface area contributed by atoms with Crippen molar-refractivity contribution >= 4 is 11.9 Å². The maximum absolute atomic E-state index is 12.1. The van der Waals surface area contributed by atoms with Gasteiger partial charge >= 0.3 is 11.9 Å². The van der Waals surface area contributed by atoms with Gasteiger partial charge in [-0.05, 0) is 37.1 Å². The van der Waals surface area contributed by atoms with E-state index in [1.165, 1.54) is 34.5 Å². The normalized spacial score (nSPS) is 10.3. The lowest BCUT2D eigenvalue weighted by molar-refractivity contribution is -0.145. The molecule has 2 rings (SSSR count). The summed E-state index contributed by atoms with van der Waals surface area (Å²) in [5.41, 5.74) is 1.15. The molecule has 0 aliphatic rings. The van der Waals surface area contributed by atoms with Gasteiger partial charge in [-0.1, -0.05) is 0 Å². The van der Waals surface area contributed by atoms with Gasteiger partial charge in [-0.25, -0.2) is 4.79 Å². The molecule has 2 aromatic rings. The summed E-state index contributed by atoms with van der Waals surface area (Å²) in [7, 11) is 5.88. The molecule has 8 heteroatoms. The van der Waals surface area contributed by atoms with E-state index in [-0.39, 0.29) is 13.0 Å². The van der Waals surface area contributed by atoms with Crippen LogP contribution in [0.5, 0.6) is 17.2 Å². The average molecular weight is 392 g/mol. The van der Waals surface area contributed by atoms with Crippen LogP contribution in [-0.4, -0.2) is 40.4 Å². The molecule has 0 fully saturated rings. The first-order valence-electron chi connectivity index (χ1n) is 8.55. The minimum atomic E-state index is -0.499. The molecule has 1 heterocycles. The van der Waals surface area contributed by atoms with Crippen LogP contribution in [0.25, 0.3) is 0 Å². The molecule has 1 aromatic heterocycles. The third-order valence-electron chi connectivity index (χ3n) is 4.09. The Morgan fingerprint density at radius 2 is 1.61 bits per heavy atom. The summed E-state index contributed by atoms with van der Waals surface area (Å²) in [6.45, 7) is 1.58. The molecule has 0 amide bonds. The average Bonchev–Trinajstić information content (AvgIpc) is 3.09. The van der Waals surface area contributed by atoms with Crippen molar-refractivity contribution in [3.8, 4) is 17.2 Å². The predicted molar refractivity (Wildman–Crippen MR) is 99.0 cm³/mol. The number of esters is 2. The molecular weight excluding hydrogens is 368 g/mol. The lowest BCUT2D eigenvalue weighted by Crippen LogP contribution is -2.06.